The van der Waals surface area contributed by atoms with Gasteiger partial charge in [0.2, 0.25) is 0 Å². The molecule has 0 aliphatic carbocycles. The first-order valence-corrected chi connectivity index (χ1v) is 7.03. The van der Waals surface area contributed by atoms with Crippen LogP contribution >= 0.6 is 11.6 Å². The summed E-state index contributed by atoms with van der Waals surface area (Å²) in [7, 11) is 1.66. The Morgan fingerprint density at radius 3 is 2.35 bits per heavy atom. The number of hydrogen-bond donors (Lipinski definition) is 0. The summed E-state index contributed by atoms with van der Waals surface area (Å²) in [5.74, 6) is 0. The van der Waals surface area contributed by atoms with Crippen LogP contribution in [0.5, 0.6) is 0 Å². The summed E-state index contributed by atoms with van der Waals surface area (Å²) in [4.78, 5) is 0. The molecule has 0 fully saturated rings. The summed E-state index contributed by atoms with van der Waals surface area (Å²) >= 11 is 6.43. The molecule has 2 aromatic carbocycles. The number of rotatable bonds is 4. The van der Waals surface area contributed by atoms with Crippen LogP contribution in [0, 0.1) is 0 Å². The molecule has 0 unspecified atom stereocenters. The molecule has 0 aliphatic heterocycles. The molecule has 105 valence electrons. The molecule has 2 rings (SSSR count). The van der Waals surface area contributed by atoms with Crippen molar-refractivity contribution < 1.29 is 9.76 Å². The predicted octanol–water partition coefficient (Wildman–Crippen LogP) is 3.04. The van der Waals surface area contributed by atoms with Crippen molar-refractivity contribution in [1.82, 2.24) is 0 Å². The first-order valence-electron chi connectivity index (χ1n) is 6.66. The molecular formula is C16H20BClO2+. The molecule has 1 radical (unpaired) electrons. The second-order valence-corrected chi connectivity index (χ2v) is 6.44. The Morgan fingerprint density at radius 2 is 1.70 bits per heavy atom. The van der Waals surface area contributed by atoms with E-state index in [1.807, 2.05) is 64.1 Å². The van der Waals surface area contributed by atoms with Crippen LogP contribution in [0.2, 0.25) is 5.02 Å². The van der Waals surface area contributed by atoms with Crippen molar-refractivity contribution in [1.29, 1.82) is 0 Å². The van der Waals surface area contributed by atoms with Crippen molar-refractivity contribution >= 4 is 35.3 Å². The van der Waals surface area contributed by atoms with E-state index in [0.717, 1.165) is 16.2 Å². The van der Waals surface area contributed by atoms with E-state index >= 15 is 0 Å². The SMILES string of the molecule is CC(C)([OH2+])C(C)(C)O[B]c1ccc2ccccc2c1Cl. The van der Waals surface area contributed by atoms with Crippen molar-refractivity contribution in [2.75, 3.05) is 0 Å². The van der Waals surface area contributed by atoms with Crippen molar-refractivity contribution in [3.8, 4) is 0 Å². The Bertz CT molecular complexity index is 617. The highest BCUT2D eigenvalue weighted by Gasteiger charge is 2.40. The van der Waals surface area contributed by atoms with E-state index in [0.29, 0.717) is 5.02 Å². The Morgan fingerprint density at radius 1 is 1.05 bits per heavy atom. The minimum absolute atomic E-state index is 0.595. The van der Waals surface area contributed by atoms with E-state index in [1.165, 1.54) is 0 Å². The number of fused-ring (bicyclic) bond motifs is 1. The Labute approximate surface area is 126 Å². The summed E-state index contributed by atoms with van der Waals surface area (Å²) < 4.78 is 5.81. The quantitative estimate of drug-likeness (QED) is 0.629. The summed E-state index contributed by atoms with van der Waals surface area (Å²) in [5.41, 5.74) is -0.461. The lowest BCUT2D eigenvalue weighted by atomic mass is 9.82. The molecule has 4 heteroatoms. The minimum atomic E-state index is -0.702. The maximum atomic E-state index is 8.11. The third-order valence-corrected chi connectivity index (χ3v) is 4.30. The predicted molar refractivity (Wildman–Crippen MR) is 87.2 cm³/mol. The monoisotopic (exact) mass is 290 g/mol. The molecule has 0 aliphatic rings. The maximum absolute atomic E-state index is 8.11. The van der Waals surface area contributed by atoms with E-state index in [1.54, 1.807) is 7.48 Å². The normalized spacial score (nSPS) is 12.7. The zero-order valence-corrected chi connectivity index (χ0v) is 13.1. The highest BCUT2D eigenvalue weighted by Crippen LogP contribution is 2.25. The van der Waals surface area contributed by atoms with Crippen LogP contribution in [-0.2, 0) is 4.65 Å². The molecular weight excluding hydrogens is 270 g/mol. The van der Waals surface area contributed by atoms with Crippen molar-refractivity contribution in [2.24, 2.45) is 0 Å². The van der Waals surface area contributed by atoms with E-state index in [4.69, 9.17) is 21.4 Å². The third-order valence-electron chi connectivity index (χ3n) is 3.88. The smallest absolute Gasteiger partial charge is 0.332 e. The van der Waals surface area contributed by atoms with Crippen LogP contribution in [0.15, 0.2) is 36.4 Å². The maximum Gasteiger partial charge on any atom is 0.332 e. The fourth-order valence-corrected chi connectivity index (χ4v) is 1.98. The van der Waals surface area contributed by atoms with Gasteiger partial charge in [-0.25, -0.2) is 0 Å². The van der Waals surface area contributed by atoms with E-state index < -0.39 is 11.2 Å². The Hall–Kier alpha value is -1.03. The molecule has 2 N–H and O–H groups in total. The van der Waals surface area contributed by atoms with Crippen molar-refractivity contribution in [3.05, 3.63) is 41.4 Å². The average Bonchev–Trinajstić information content (AvgIpc) is 2.37. The first-order chi connectivity index (χ1) is 9.22. The number of benzene rings is 2. The van der Waals surface area contributed by atoms with Crippen LogP contribution in [0.3, 0.4) is 0 Å². The zero-order valence-electron chi connectivity index (χ0n) is 12.3. The molecule has 0 spiro atoms. The van der Waals surface area contributed by atoms with Gasteiger partial charge in [-0.15, -0.1) is 0 Å². The minimum Gasteiger partial charge on any atom is -0.439 e. The van der Waals surface area contributed by atoms with E-state index in [2.05, 4.69) is 0 Å². The van der Waals surface area contributed by atoms with Crippen molar-refractivity contribution in [2.45, 2.75) is 38.9 Å². The summed E-state index contributed by atoms with van der Waals surface area (Å²) in [6.45, 7) is 7.49. The van der Waals surface area contributed by atoms with Gasteiger partial charge in [0.25, 0.3) is 0 Å². The van der Waals surface area contributed by atoms with E-state index in [-0.39, 0.29) is 0 Å². The molecule has 0 aromatic heterocycles. The first kappa shape index (κ1) is 15.4. The topological polar surface area (TPSA) is 32.1 Å². The van der Waals surface area contributed by atoms with Gasteiger partial charge < -0.3 is 9.76 Å². The fraction of sp³-hybridized carbons (Fsp3) is 0.375. The van der Waals surface area contributed by atoms with Gasteiger partial charge in [0.1, 0.15) is 5.60 Å². The largest absolute Gasteiger partial charge is 0.439 e. The zero-order chi connectivity index (χ0) is 15.0. The van der Waals surface area contributed by atoms with Crippen LogP contribution in [0.4, 0.5) is 0 Å². The van der Waals surface area contributed by atoms with Gasteiger partial charge >= 0.3 is 7.48 Å². The molecule has 0 atom stereocenters. The van der Waals surface area contributed by atoms with Gasteiger partial charge in [0.05, 0.1) is 0 Å². The fourth-order valence-electron chi connectivity index (χ4n) is 1.70. The average molecular weight is 291 g/mol. The summed E-state index contributed by atoms with van der Waals surface area (Å²) in [6.07, 6.45) is 0. The van der Waals surface area contributed by atoms with Gasteiger partial charge in [0, 0.05) is 18.9 Å². The van der Waals surface area contributed by atoms with Gasteiger partial charge in [0.15, 0.2) is 5.60 Å². The Kier molecular flexibility index (Phi) is 4.15. The van der Waals surface area contributed by atoms with Crippen LogP contribution in [-0.4, -0.2) is 23.8 Å². The molecule has 2 aromatic rings. The molecule has 0 saturated carbocycles. The lowest BCUT2D eigenvalue weighted by Crippen LogP contribution is -2.49. The lowest BCUT2D eigenvalue weighted by Gasteiger charge is -2.33. The second-order valence-electron chi connectivity index (χ2n) is 6.06. The number of hydrogen-bond acceptors (Lipinski definition) is 1. The third kappa shape index (κ3) is 3.00. The Balaban J connectivity index is 2.25. The van der Waals surface area contributed by atoms with Gasteiger partial charge in [-0.1, -0.05) is 48.0 Å². The molecule has 0 bridgehead atoms. The summed E-state index contributed by atoms with van der Waals surface area (Å²) in [6, 6.07) is 11.9. The van der Waals surface area contributed by atoms with Crippen LogP contribution in [0.25, 0.3) is 10.8 Å². The van der Waals surface area contributed by atoms with Gasteiger partial charge in [-0.3, -0.25) is 0 Å². The molecule has 0 saturated heterocycles. The van der Waals surface area contributed by atoms with Crippen LogP contribution in [0.1, 0.15) is 27.7 Å². The molecule has 0 amide bonds. The van der Waals surface area contributed by atoms with Gasteiger partial charge in [-0.2, -0.15) is 0 Å². The standard InChI is InChI=1S/C16H19BClO2/c1-15(2,19)16(3,4)20-17-13-10-9-11-7-5-6-8-12(11)14(13)18/h5-10,19H,1-4H3/p+1. The molecule has 20 heavy (non-hydrogen) atoms. The summed E-state index contributed by atoms with van der Waals surface area (Å²) in [5, 5.41) is 10.9. The van der Waals surface area contributed by atoms with Crippen LogP contribution < -0.4 is 5.46 Å². The highest BCUT2D eigenvalue weighted by atomic mass is 35.5. The molecule has 0 heterocycles. The second kappa shape index (κ2) is 5.40. The highest BCUT2D eigenvalue weighted by molar-refractivity contribution is 6.55. The van der Waals surface area contributed by atoms with Crippen molar-refractivity contribution in [3.63, 3.8) is 0 Å². The van der Waals surface area contributed by atoms with Gasteiger partial charge in [-0.05, 0) is 30.1 Å². The lowest BCUT2D eigenvalue weighted by molar-refractivity contribution is -0.0893. The molecule has 2 nitrogen and oxygen atoms in total. The number of halogens is 1. The van der Waals surface area contributed by atoms with E-state index in [9.17, 15) is 0 Å².